The van der Waals surface area contributed by atoms with Gasteiger partial charge in [0.1, 0.15) is 23.1 Å². The summed E-state index contributed by atoms with van der Waals surface area (Å²) in [4.78, 5) is 14.2. The van der Waals surface area contributed by atoms with E-state index in [9.17, 15) is 18.8 Å². The minimum absolute atomic E-state index is 0.00464. The van der Waals surface area contributed by atoms with Crippen molar-refractivity contribution in [1.29, 1.82) is 0 Å². The van der Waals surface area contributed by atoms with Crippen LogP contribution in [-0.4, -0.2) is 35.5 Å². The van der Waals surface area contributed by atoms with E-state index in [1.165, 1.54) is 60.9 Å². The van der Waals surface area contributed by atoms with Gasteiger partial charge in [0.05, 0.1) is 30.9 Å². The second kappa shape index (κ2) is 11.1. The van der Waals surface area contributed by atoms with Crippen LogP contribution in [0.15, 0.2) is 75.6 Å². The van der Waals surface area contributed by atoms with E-state index in [1.807, 2.05) is 0 Å². The highest BCUT2D eigenvalue weighted by molar-refractivity contribution is 7.99. The number of rotatable bonds is 7. The standard InChI is InChI=1S/C30H25F3N2O4S/c1-16-20(14-21-22(31)7-5-8-23(21)32)30-35(29(36)26(16)19-6-4-9-25(39-3)27(19)33)24(15-40-30)28(34-37)17-10-12-18(38-2)13-11-17/h4-13,24,37H,14-15H2,1-3H3. The lowest BCUT2D eigenvalue weighted by Gasteiger charge is -2.21. The maximum absolute atomic E-state index is 15.5. The molecule has 0 bridgehead atoms. The minimum Gasteiger partial charge on any atom is -0.497 e. The zero-order chi connectivity index (χ0) is 28.6. The fraction of sp³-hybridized carbons (Fsp3) is 0.200. The number of aromatic nitrogens is 1. The molecule has 0 saturated carbocycles. The fourth-order valence-corrected chi connectivity index (χ4v) is 6.42. The van der Waals surface area contributed by atoms with Gasteiger partial charge in [-0.15, -0.1) is 11.8 Å². The van der Waals surface area contributed by atoms with Crippen LogP contribution < -0.4 is 15.0 Å². The largest absolute Gasteiger partial charge is 0.497 e. The summed E-state index contributed by atoms with van der Waals surface area (Å²) in [6.07, 6.45) is -0.174. The molecule has 10 heteroatoms. The molecule has 6 nitrogen and oxygen atoms in total. The number of fused-ring (bicyclic) bond motifs is 1. The van der Waals surface area contributed by atoms with Crippen molar-refractivity contribution in [2.75, 3.05) is 20.0 Å². The van der Waals surface area contributed by atoms with E-state index in [0.717, 1.165) is 0 Å². The van der Waals surface area contributed by atoms with Gasteiger partial charge in [-0.1, -0.05) is 23.4 Å². The van der Waals surface area contributed by atoms with Crippen molar-refractivity contribution in [3.05, 3.63) is 111 Å². The third-order valence-corrected chi connectivity index (χ3v) is 8.30. The molecule has 1 aromatic heterocycles. The van der Waals surface area contributed by atoms with E-state index in [4.69, 9.17) is 9.47 Å². The highest BCUT2D eigenvalue weighted by Gasteiger charge is 2.35. The van der Waals surface area contributed by atoms with Gasteiger partial charge in [-0.2, -0.15) is 0 Å². The SMILES string of the molecule is COc1ccc(C(=NO)C2CSc3c(Cc4c(F)cccc4F)c(C)c(-c4cccc(OC)c4F)c(=O)n32)cc1. The molecule has 1 aliphatic rings. The Bertz CT molecular complexity index is 1670. The van der Waals surface area contributed by atoms with Crippen molar-refractivity contribution in [1.82, 2.24) is 4.57 Å². The van der Waals surface area contributed by atoms with E-state index in [1.54, 1.807) is 37.3 Å². The Balaban J connectivity index is 1.77. The molecule has 206 valence electrons. The Morgan fingerprint density at radius 1 is 1.00 bits per heavy atom. The summed E-state index contributed by atoms with van der Waals surface area (Å²) in [6, 6.07) is 14.1. The van der Waals surface area contributed by atoms with Crippen molar-refractivity contribution in [3.8, 4) is 22.6 Å². The molecule has 0 aliphatic carbocycles. The van der Waals surface area contributed by atoms with Crippen LogP contribution in [0.25, 0.3) is 11.1 Å². The highest BCUT2D eigenvalue weighted by atomic mass is 32.2. The Morgan fingerprint density at radius 3 is 2.30 bits per heavy atom. The van der Waals surface area contributed by atoms with Crippen molar-refractivity contribution in [2.45, 2.75) is 24.4 Å². The zero-order valence-corrected chi connectivity index (χ0v) is 22.7. The molecule has 0 radical (unpaired) electrons. The maximum atomic E-state index is 15.5. The molecular formula is C30H25F3N2O4S. The first-order chi connectivity index (χ1) is 19.3. The number of benzene rings is 3. The van der Waals surface area contributed by atoms with Crippen molar-refractivity contribution >= 4 is 17.5 Å². The molecule has 0 amide bonds. The molecular weight excluding hydrogens is 541 g/mol. The van der Waals surface area contributed by atoms with Crippen LogP contribution in [0.1, 0.15) is 28.3 Å². The lowest BCUT2D eigenvalue weighted by atomic mass is 9.93. The van der Waals surface area contributed by atoms with E-state index < -0.39 is 29.1 Å². The molecule has 2 heterocycles. The normalized spacial score (nSPS) is 14.8. The molecule has 1 aliphatic heterocycles. The number of halogens is 3. The summed E-state index contributed by atoms with van der Waals surface area (Å²) in [5.41, 5.74) is 0.958. The molecule has 5 rings (SSSR count). The van der Waals surface area contributed by atoms with Crippen LogP contribution in [0.2, 0.25) is 0 Å². The number of nitrogens with zero attached hydrogens (tertiary/aromatic N) is 2. The predicted molar refractivity (Wildman–Crippen MR) is 148 cm³/mol. The molecule has 1 unspecified atom stereocenters. The van der Waals surface area contributed by atoms with Gasteiger partial charge in [0, 0.05) is 28.9 Å². The average Bonchev–Trinajstić information content (AvgIpc) is 3.39. The Morgan fingerprint density at radius 2 is 1.68 bits per heavy atom. The first-order valence-electron chi connectivity index (χ1n) is 12.3. The lowest BCUT2D eigenvalue weighted by Crippen LogP contribution is -2.32. The van der Waals surface area contributed by atoms with E-state index in [0.29, 0.717) is 33.2 Å². The second-order valence-electron chi connectivity index (χ2n) is 9.20. The maximum Gasteiger partial charge on any atom is 0.260 e. The van der Waals surface area contributed by atoms with Crippen LogP contribution in [0, 0.1) is 24.4 Å². The molecule has 4 aromatic rings. The number of hydrogen-bond donors (Lipinski definition) is 1. The summed E-state index contributed by atoms with van der Waals surface area (Å²) in [5, 5.41) is 14.1. The Kier molecular flexibility index (Phi) is 7.62. The molecule has 3 aromatic carbocycles. The van der Waals surface area contributed by atoms with Crippen LogP contribution in [0.3, 0.4) is 0 Å². The summed E-state index contributed by atoms with van der Waals surface area (Å²) >= 11 is 1.31. The molecule has 1 N–H and O–H groups in total. The Labute approximate surface area is 232 Å². The van der Waals surface area contributed by atoms with Gasteiger partial charge < -0.3 is 14.7 Å². The first-order valence-corrected chi connectivity index (χ1v) is 13.3. The molecule has 40 heavy (non-hydrogen) atoms. The summed E-state index contributed by atoms with van der Waals surface area (Å²) < 4.78 is 56.9. The van der Waals surface area contributed by atoms with Crippen LogP contribution in [-0.2, 0) is 6.42 Å². The van der Waals surface area contributed by atoms with Gasteiger partial charge in [-0.25, -0.2) is 13.2 Å². The summed E-state index contributed by atoms with van der Waals surface area (Å²) in [7, 11) is 2.85. The first kappa shape index (κ1) is 27.4. The van der Waals surface area contributed by atoms with Gasteiger partial charge in [-0.3, -0.25) is 9.36 Å². The van der Waals surface area contributed by atoms with Gasteiger partial charge >= 0.3 is 0 Å². The third kappa shape index (κ3) is 4.62. The topological polar surface area (TPSA) is 73.1 Å². The predicted octanol–water partition coefficient (Wildman–Crippen LogP) is 6.37. The average molecular weight is 567 g/mol. The lowest BCUT2D eigenvalue weighted by molar-refractivity contribution is 0.315. The molecule has 0 saturated heterocycles. The van der Waals surface area contributed by atoms with Crippen LogP contribution >= 0.6 is 11.8 Å². The van der Waals surface area contributed by atoms with E-state index >= 15 is 4.39 Å². The van der Waals surface area contributed by atoms with E-state index in [2.05, 4.69) is 5.16 Å². The number of pyridine rings is 1. The van der Waals surface area contributed by atoms with Gasteiger partial charge in [0.15, 0.2) is 11.6 Å². The van der Waals surface area contributed by atoms with Gasteiger partial charge in [0.2, 0.25) is 0 Å². The Hall–Kier alpha value is -4.18. The number of ether oxygens (including phenoxy) is 2. The fourth-order valence-electron chi connectivity index (χ4n) is 5.05. The van der Waals surface area contributed by atoms with Crippen LogP contribution in [0.5, 0.6) is 11.5 Å². The number of thioether (sulfide) groups is 1. The quantitative estimate of drug-likeness (QED) is 0.160. The second-order valence-corrected chi connectivity index (χ2v) is 10.2. The molecule has 0 spiro atoms. The van der Waals surface area contributed by atoms with Crippen molar-refractivity contribution in [3.63, 3.8) is 0 Å². The van der Waals surface area contributed by atoms with Crippen molar-refractivity contribution in [2.24, 2.45) is 5.16 Å². The highest BCUT2D eigenvalue weighted by Crippen LogP contribution is 2.42. The molecule has 0 fully saturated rings. The molecule has 1 atom stereocenters. The van der Waals surface area contributed by atoms with Gasteiger partial charge in [0.25, 0.3) is 5.56 Å². The number of hydrogen-bond acceptors (Lipinski definition) is 6. The zero-order valence-electron chi connectivity index (χ0n) is 21.9. The summed E-state index contributed by atoms with van der Waals surface area (Å²) in [6.45, 7) is 1.64. The van der Waals surface area contributed by atoms with Crippen LogP contribution in [0.4, 0.5) is 13.2 Å². The van der Waals surface area contributed by atoms with Crippen molar-refractivity contribution < 1.29 is 27.9 Å². The van der Waals surface area contributed by atoms with Gasteiger partial charge in [-0.05, 0) is 60.5 Å². The third-order valence-electron chi connectivity index (χ3n) is 7.10. The smallest absolute Gasteiger partial charge is 0.260 e. The monoisotopic (exact) mass is 566 g/mol. The number of oxime groups is 1. The summed E-state index contributed by atoms with van der Waals surface area (Å²) in [5.74, 6) is -1.34. The van der Waals surface area contributed by atoms with E-state index in [-0.39, 0.29) is 34.6 Å². The minimum atomic E-state index is -0.747. The number of methoxy groups -OCH3 is 2.